The van der Waals surface area contributed by atoms with E-state index in [0.717, 1.165) is 31.7 Å². The van der Waals surface area contributed by atoms with Crippen LogP contribution in [0.25, 0.3) is 0 Å². The van der Waals surface area contributed by atoms with E-state index in [4.69, 9.17) is 11.6 Å². The van der Waals surface area contributed by atoms with Crippen molar-refractivity contribution in [1.29, 1.82) is 0 Å². The van der Waals surface area contributed by atoms with Crippen LogP contribution in [-0.2, 0) is 10.0 Å². The van der Waals surface area contributed by atoms with Gasteiger partial charge >= 0.3 is 0 Å². The zero-order chi connectivity index (χ0) is 13.7. The molecule has 0 aliphatic carbocycles. The molecule has 0 aromatic carbocycles. The number of alkyl halides is 1. The van der Waals surface area contributed by atoms with Gasteiger partial charge in [0.2, 0.25) is 10.0 Å². The Balaban J connectivity index is 1.86. The number of nitrogens with one attached hydrogen (secondary N) is 1. The molecule has 1 aliphatic rings. The van der Waals surface area contributed by atoms with Gasteiger partial charge in [-0.05, 0) is 25.0 Å². The van der Waals surface area contributed by atoms with E-state index in [-0.39, 0.29) is 17.7 Å². The summed E-state index contributed by atoms with van der Waals surface area (Å²) in [6.07, 6.45) is 3.35. The largest absolute Gasteiger partial charge is 0.357 e. The molecule has 1 fully saturated rings. The van der Waals surface area contributed by atoms with E-state index in [2.05, 4.69) is 14.6 Å². The Morgan fingerprint density at radius 1 is 1.37 bits per heavy atom. The lowest BCUT2D eigenvalue weighted by Gasteiger charge is -2.32. The van der Waals surface area contributed by atoms with Crippen molar-refractivity contribution >= 4 is 27.4 Å². The van der Waals surface area contributed by atoms with Crippen LogP contribution in [0.15, 0.2) is 24.4 Å². The van der Waals surface area contributed by atoms with Gasteiger partial charge < -0.3 is 4.90 Å². The number of nitrogens with zero attached hydrogens (tertiary/aromatic N) is 2. The number of piperidine rings is 1. The minimum atomic E-state index is -3.23. The molecule has 5 nitrogen and oxygen atoms in total. The number of aromatic nitrogens is 1. The molecule has 0 saturated carbocycles. The van der Waals surface area contributed by atoms with Crippen LogP contribution in [0.3, 0.4) is 0 Å². The highest BCUT2D eigenvalue weighted by molar-refractivity contribution is 7.89. The van der Waals surface area contributed by atoms with Crippen LogP contribution in [0.2, 0.25) is 0 Å². The fraction of sp³-hybridized carbons (Fsp3) is 0.583. The lowest BCUT2D eigenvalue weighted by molar-refractivity contribution is 0.459. The molecule has 1 saturated heterocycles. The number of sulfonamides is 1. The molecule has 0 atom stereocenters. The zero-order valence-corrected chi connectivity index (χ0v) is 12.2. The number of pyridine rings is 1. The summed E-state index contributed by atoms with van der Waals surface area (Å²) in [7, 11) is -3.23. The third kappa shape index (κ3) is 4.33. The van der Waals surface area contributed by atoms with Crippen molar-refractivity contribution in [1.82, 2.24) is 9.71 Å². The quantitative estimate of drug-likeness (QED) is 0.831. The number of rotatable bonds is 5. The predicted octanol–water partition coefficient (Wildman–Crippen LogP) is 1.21. The summed E-state index contributed by atoms with van der Waals surface area (Å²) in [6.45, 7) is 1.62. The first kappa shape index (κ1) is 14.6. The first-order valence-corrected chi connectivity index (χ1v) is 8.51. The van der Waals surface area contributed by atoms with Crippen LogP contribution in [0.4, 0.5) is 5.82 Å². The van der Waals surface area contributed by atoms with Crippen molar-refractivity contribution in [2.45, 2.75) is 18.9 Å². The second-order valence-electron chi connectivity index (χ2n) is 4.57. The second-order valence-corrected chi connectivity index (χ2v) is 6.83. The van der Waals surface area contributed by atoms with Crippen molar-refractivity contribution < 1.29 is 8.42 Å². The van der Waals surface area contributed by atoms with E-state index in [1.54, 1.807) is 6.20 Å². The van der Waals surface area contributed by atoms with Gasteiger partial charge in [-0.2, -0.15) is 0 Å². The van der Waals surface area contributed by atoms with Crippen molar-refractivity contribution in [3.8, 4) is 0 Å². The summed E-state index contributed by atoms with van der Waals surface area (Å²) in [4.78, 5) is 6.47. The molecular weight excluding hydrogens is 286 g/mol. The minimum Gasteiger partial charge on any atom is -0.357 e. The van der Waals surface area contributed by atoms with Crippen LogP contribution < -0.4 is 9.62 Å². The van der Waals surface area contributed by atoms with Crippen LogP contribution in [0.1, 0.15) is 12.8 Å². The molecule has 1 aromatic heterocycles. The van der Waals surface area contributed by atoms with Gasteiger partial charge in [0.1, 0.15) is 5.82 Å². The first-order valence-electron chi connectivity index (χ1n) is 6.33. The molecular formula is C12H18ClN3O2S. The average molecular weight is 304 g/mol. The van der Waals surface area contributed by atoms with Crippen LogP contribution in [0, 0.1) is 0 Å². The minimum absolute atomic E-state index is 0.00757. The Hall–Kier alpha value is -0.850. The third-order valence-corrected chi connectivity index (χ3v) is 5.01. The highest BCUT2D eigenvalue weighted by Gasteiger charge is 2.23. The lowest BCUT2D eigenvalue weighted by Crippen LogP contribution is -2.45. The maximum atomic E-state index is 11.6. The molecule has 1 N–H and O–H groups in total. The maximum Gasteiger partial charge on any atom is 0.213 e. The van der Waals surface area contributed by atoms with E-state index >= 15 is 0 Å². The summed E-state index contributed by atoms with van der Waals surface area (Å²) in [5, 5.41) is 0. The van der Waals surface area contributed by atoms with E-state index in [9.17, 15) is 8.42 Å². The number of hydrogen-bond acceptors (Lipinski definition) is 4. The molecule has 7 heteroatoms. The molecule has 1 aliphatic heterocycles. The molecule has 0 amide bonds. The Morgan fingerprint density at radius 2 is 2.11 bits per heavy atom. The first-order chi connectivity index (χ1) is 9.11. The fourth-order valence-corrected chi connectivity index (χ4v) is 3.86. The molecule has 2 heterocycles. The normalized spacial score (nSPS) is 17.6. The second kappa shape index (κ2) is 6.54. The van der Waals surface area contributed by atoms with Gasteiger partial charge in [-0.3, -0.25) is 0 Å². The van der Waals surface area contributed by atoms with Gasteiger partial charge in [-0.15, -0.1) is 11.6 Å². The summed E-state index contributed by atoms with van der Waals surface area (Å²) >= 11 is 5.47. The SMILES string of the molecule is O=S(=O)(CCCl)NC1CCN(c2ccccn2)CC1. The standard InChI is InChI=1S/C12H18ClN3O2S/c13-6-10-19(17,18)15-11-4-8-16(9-5-11)12-3-1-2-7-14-12/h1-3,7,11,15H,4-6,8-10H2. The van der Waals surface area contributed by atoms with Gasteiger partial charge in [-0.25, -0.2) is 18.1 Å². The van der Waals surface area contributed by atoms with E-state index in [1.165, 1.54) is 0 Å². The van der Waals surface area contributed by atoms with Gasteiger partial charge in [0.25, 0.3) is 0 Å². The third-order valence-electron chi connectivity index (χ3n) is 3.16. The summed E-state index contributed by atoms with van der Waals surface area (Å²) < 4.78 is 26.0. The molecule has 2 rings (SSSR count). The fourth-order valence-electron chi connectivity index (χ4n) is 2.18. The molecule has 0 spiro atoms. The lowest BCUT2D eigenvalue weighted by atomic mass is 10.1. The zero-order valence-electron chi connectivity index (χ0n) is 10.6. The molecule has 19 heavy (non-hydrogen) atoms. The summed E-state index contributed by atoms with van der Waals surface area (Å²) in [6, 6.07) is 5.82. The predicted molar refractivity (Wildman–Crippen MR) is 77.1 cm³/mol. The van der Waals surface area contributed by atoms with Crippen molar-refractivity contribution in [3.05, 3.63) is 24.4 Å². The van der Waals surface area contributed by atoms with Gasteiger partial charge in [0.05, 0.1) is 5.75 Å². The Labute approximate surface area is 119 Å². The summed E-state index contributed by atoms with van der Waals surface area (Å²) in [5.74, 6) is 1.06. The smallest absolute Gasteiger partial charge is 0.213 e. The number of halogens is 1. The van der Waals surface area contributed by atoms with Crippen molar-refractivity contribution in [2.75, 3.05) is 29.6 Å². The summed E-state index contributed by atoms with van der Waals surface area (Å²) in [5.41, 5.74) is 0. The average Bonchev–Trinajstić information content (AvgIpc) is 2.40. The van der Waals surface area contributed by atoms with Crippen molar-refractivity contribution in [2.24, 2.45) is 0 Å². The molecule has 0 radical (unpaired) electrons. The number of hydrogen-bond donors (Lipinski definition) is 1. The molecule has 0 unspecified atom stereocenters. The molecule has 0 bridgehead atoms. The molecule has 106 valence electrons. The van der Waals surface area contributed by atoms with Gasteiger partial charge in [0.15, 0.2) is 0 Å². The topological polar surface area (TPSA) is 62.3 Å². The van der Waals surface area contributed by atoms with Crippen LogP contribution in [-0.4, -0.2) is 44.2 Å². The number of anilines is 1. The Kier molecular flexibility index (Phi) is 5.01. The monoisotopic (exact) mass is 303 g/mol. The Bertz CT molecular complexity index is 487. The van der Waals surface area contributed by atoms with Crippen LogP contribution >= 0.6 is 11.6 Å². The molecule has 1 aromatic rings. The van der Waals surface area contributed by atoms with Gasteiger partial charge in [0, 0.05) is 31.2 Å². The van der Waals surface area contributed by atoms with Crippen molar-refractivity contribution in [3.63, 3.8) is 0 Å². The van der Waals surface area contributed by atoms with E-state index in [0.29, 0.717) is 0 Å². The van der Waals surface area contributed by atoms with Gasteiger partial charge in [-0.1, -0.05) is 6.07 Å². The van der Waals surface area contributed by atoms with E-state index < -0.39 is 10.0 Å². The van der Waals surface area contributed by atoms with Crippen LogP contribution in [0.5, 0.6) is 0 Å². The maximum absolute atomic E-state index is 11.6. The highest BCUT2D eigenvalue weighted by atomic mass is 35.5. The Morgan fingerprint density at radius 3 is 2.68 bits per heavy atom. The van der Waals surface area contributed by atoms with E-state index in [1.807, 2.05) is 18.2 Å². The highest BCUT2D eigenvalue weighted by Crippen LogP contribution is 2.17.